The maximum absolute atomic E-state index is 13.4. The lowest BCUT2D eigenvalue weighted by atomic mass is 10.0. The minimum absolute atomic E-state index is 0.0258. The van der Waals surface area contributed by atoms with Crippen LogP contribution in [-0.4, -0.2) is 109 Å². The van der Waals surface area contributed by atoms with Gasteiger partial charge in [0.1, 0.15) is 23.0 Å². The third kappa shape index (κ3) is 18.8. The third-order valence-electron chi connectivity index (χ3n) is 12.1. The summed E-state index contributed by atoms with van der Waals surface area (Å²) in [6.07, 6.45) is 4.10. The molecule has 0 saturated heterocycles. The summed E-state index contributed by atoms with van der Waals surface area (Å²) in [6, 6.07) is 13.6. The molecule has 2 aromatic carbocycles. The molecule has 20 heteroatoms. The predicted octanol–water partition coefficient (Wildman–Crippen LogP) is 5.89. The molecule has 2 heterocycles. The van der Waals surface area contributed by atoms with E-state index in [4.69, 9.17) is 30.4 Å². The van der Waals surface area contributed by atoms with Gasteiger partial charge < -0.3 is 51.7 Å². The van der Waals surface area contributed by atoms with E-state index in [-0.39, 0.29) is 72.8 Å². The zero-order chi connectivity index (χ0) is 54.4. The zero-order valence-electron chi connectivity index (χ0n) is 44.9. The number of carbonyl (C=O) groups is 6. The van der Waals surface area contributed by atoms with Crippen LogP contribution in [0.4, 0.5) is 0 Å². The molecule has 0 spiro atoms. The summed E-state index contributed by atoms with van der Waals surface area (Å²) in [5, 5.41) is 20.2. The summed E-state index contributed by atoms with van der Waals surface area (Å²) in [5.41, 5.74) is 13.5. The Balaban J connectivity index is 0.000000385. The zero-order valence-corrected chi connectivity index (χ0v) is 44.9. The van der Waals surface area contributed by atoms with E-state index in [1.54, 1.807) is 45.3 Å². The van der Waals surface area contributed by atoms with Gasteiger partial charge in [0.05, 0.1) is 64.0 Å². The SMILES string of the molecule is CCC(C)Cn1nc(C(=O)N[C@H](CC(=O)NCC(N)=O)CC(C)C)cc1-c1c(OC)cccc1OC.CCC(CC)Cn1nc(C(=O)N[C@H](CC(=O)NCC(N)=O)CC(C)C)cc1-c1c(OC)cccc1OC. The number of nitrogens with zero attached hydrogens (tertiary/aromatic N) is 4. The number of nitrogens with one attached hydrogen (secondary N) is 4. The number of aromatic nitrogens is 4. The molecule has 73 heavy (non-hydrogen) atoms. The van der Waals surface area contributed by atoms with Crippen LogP contribution in [0.3, 0.4) is 0 Å². The highest BCUT2D eigenvalue weighted by molar-refractivity contribution is 5.95. The van der Waals surface area contributed by atoms with Gasteiger partial charge >= 0.3 is 0 Å². The number of primary amides is 2. The van der Waals surface area contributed by atoms with Crippen molar-refractivity contribution in [1.29, 1.82) is 0 Å². The number of benzene rings is 2. The summed E-state index contributed by atoms with van der Waals surface area (Å²) in [5.74, 6) is 0.857. The lowest BCUT2D eigenvalue weighted by Crippen LogP contribution is -2.41. The third-order valence-corrected chi connectivity index (χ3v) is 12.1. The summed E-state index contributed by atoms with van der Waals surface area (Å²) in [4.78, 5) is 73.2. The molecule has 402 valence electrons. The van der Waals surface area contributed by atoms with E-state index in [0.717, 1.165) is 24.8 Å². The Morgan fingerprint density at radius 1 is 0.562 bits per heavy atom. The summed E-state index contributed by atoms with van der Waals surface area (Å²) in [6.45, 7) is 17.3. The number of carbonyl (C=O) groups excluding carboxylic acids is 6. The van der Waals surface area contributed by atoms with Gasteiger partial charge in [0.2, 0.25) is 23.6 Å². The van der Waals surface area contributed by atoms with Crippen LogP contribution in [0.2, 0.25) is 0 Å². The Kier molecular flexibility index (Phi) is 24.8. The first kappa shape index (κ1) is 60.2. The van der Waals surface area contributed by atoms with Crippen molar-refractivity contribution in [3.63, 3.8) is 0 Å². The van der Waals surface area contributed by atoms with Crippen molar-refractivity contribution in [2.45, 2.75) is 126 Å². The van der Waals surface area contributed by atoms with Crippen LogP contribution in [0.25, 0.3) is 22.5 Å². The summed E-state index contributed by atoms with van der Waals surface area (Å²) in [7, 11) is 6.35. The first-order valence-electron chi connectivity index (χ1n) is 25.0. The maximum atomic E-state index is 13.4. The first-order valence-corrected chi connectivity index (χ1v) is 25.0. The molecule has 0 aliphatic heterocycles. The van der Waals surface area contributed by atoms with Crippen molar-refractivity contribution < 1.29 is 47.7 Å². The second-order valence-corrected chi connectivity index (χ2v) is 19.0. The molecule has 2 aromatic heterocycles. The molecule has 6 amide bonds. The fourth-order valence-electron chi connectivity index (χ4n) is 8.17. The van der Waals surface area contributed by atoms with E-state index in [2.05, 4.69) is 59.2 Å². The van der Waals surface area contributed by atoms with E-state index in [1.807, 2.05) is 68.8 Å². The van der Waals surface area contributed by atoms with Crippen molar-refractivity contribution in [1.82, 2.24) is 40.8 Å². The summed E-state index contributed by atoms with van der Waals surface area (Å²) >= 11 is 0. The minimum Gasteiger partial charge on any atom is -0.496 e. The number of hydrogen-bond donors (Lipinski definition) is 6. The van der Waals surface area contributed by atoms with Crippen molar-refractivity contribution in [2.75, 3.05) is 41.5 Å². The van der Waals surface area contributed by atoms with Crippen LogP contribution in [0.5, 0.6) is 23.0 Å². The van der Waals surface area contributed by atoms with E-state index in [0.29, 0.717) is 77.7 Å². The fourth-order valence-corrected chi connectivity index (χ4v) is 8.17. The standard InChI is InChI=1S/C27H41N5O5.C26H39N5O5/c1-7-18(8-2)16-32-21(26-22(36-5)10-9-11-23(26)37-6)14-20(31-32)27(35)30-19(12-17(3)4)13-25(34)29-15-24(28)33;1-7-17(4)15-31-20(25-21(35-5)9-8-10-22(25)36-6)13-19(30-31)26(34)29-18(11-16(2)3)12-24(33)28-14-23(27)32/h9-11,14,17-19H,7-8,12-13,15-16H2,1-6H3,(H2,28,33)(H,29,34)(H,30,35);8-10,13,16-18H,7,11-12,14-15H2,1-6H3,(H2,27,32)(H,28,33)(H,29,34)/t19-;17?,18-/m00/s1. The topological polar surface area (TPSA) is 275 Å². The average Bonchev–Trinajstić information content (AvgIpc) is 3.97. The second kappa shape index (κ2) is 30.0. The molecule has 0 fully saturated rings. The van der Waals surface area contributed by atoms with Crippen LogP contribution in [-0.2, 0) is 32.3 Å². The summed E-state index contributed by atoms with van der Waals surface area (Å²) < 4.78 is 26.1. The van der Waals surface area contributed by atoms with Gasteiger partial charge in [-0.15, -0.1) is 0 Å². The van der Waals surface area contributed by atoms with Gasteiger partial charge in [-0.2, -0.15) is 10.2 Å². The second-order valence-electron chi connectivity index (χ2n) is 19.0. The fraction of sp³-hybridized carbons (Fsp3) is 0.547. The van der Waals surface area contributed by atoms with Crippen molar-refractivity contribution in [2.24, 2.45) is 35.1 Å². The molecule has 0 saturated carbocycles. The molecular weight excluding hydrogens is 937 g/mol. The Morgan fingerprint density at radius 3 is 1.22 bits per heavy atom. The first-order chi connectivity index (χ1) is 34.7. The Bertz CT molecular complexity index is 2400. The number of amides is 6. The molecule has 0 radical (unpaired) electrons. The van der Waals surface area contributed by atoms with Gasteiger partial charge in [0, 0.05) is 38.0 Å². The Morgan fingerprint density at radius 2 is 0.918 bits per heavy atom. The van der Waals surface area contributed by atoms with Gasteiger partial charge in [-0.1, -0.05) is 86.8 Å². The predicted molar refractivity (Wildman–Crippen MR) is 280 cm³/mol. The number of hydrogen-bond acceptors (Lipinski definition) is 12. The lowest BCUT2D eigenvalue weighted by molar-refractivity contribution is -0.125. The highest BCUT2D eigenvalue weighted by atomic mass is 16.5. The molecule has 3 atom stereocenters. The molecule has 20 nitrogen and oxygen atoms in total. The van der Waals surface area contributed by atoms with E-state index < -0.39 is 23.9 Å². The largest absolute Gasteiger partial charge is 0.496 e. The van der Waals surface area contributed by atoms with E-state index in [9.17, 15) is 28.8 Å². The monoisotopic (exact) mass is 1020 g/mol. The van der Waals surface area contributed by atoms with Gasteiger partial charge in [-0.05, 0) is 72.9 Å². The normalized spacial score (nSPS) is 12.3. The van der Waals surface area contributed by atoms with Gasteiger partial charge in [0.15, 0.2) is 11.4 Å². The van der Waals surface area contributed by atoms with Gasteiger partial charge in [-0.25, -0.2) is 0 Å². The van der Waals surface area contributed by atoms with E-state index >= 15 is 0 Å². The van der Waals surface area contributed by atoms with Crippen molar-refractivity contribution in [3.8, 4) is 45.5 Å². The van der Waals surface area contributed by atoms with Crippen molar-refractivity contribution in [3.05, 3.63) is 59.9 Å². The molecular formula is C53H80N10O10. The molecule has 1 unspecified atom stereocenters. The lowest BCUT2D eigenvalue weighted by Gasteiger charge is -2.19. The Hall–Kier alpha value is -7.12. The molecule has 4 rings (SSSR count). The maximum Gasteiger partial charge on any atom is 0.272 e. The number of methoxy groups -OCH3 is 4. The average molecular weight is 1020 g/mol. The van der Waals surface area contributed by atoms with Gasteiger partial charge in [-0.3, -0.25) is 38.1 Å². The molecule has 0 aliphatic carbocycles. The highest BCUT2D eigenvalue weighted by Gasteiger charge is 2.27. The number of nitrogens with two attached hydrogens (primary N) is 2. The van der Waals surface area contributed by atoms with Crippen LogP contribution in [0, 0.1) is 23.7 Å². The number of ether oxygens (including phenoxy) is 4. The van der Waals surface area contributed by atoms with Crippen LogP contribution >= 0.6 is 0 Å². The van der Waals surface area contributed by atoms with Gasteiger partial charge in [0.25, 0.3) is 11.8 Å². The number of rotatable bonds is 29. The molecule has 8 N–H and O–H groups in total. The molecule has 0 aliphatic rings. The minimum atomic E-state index is -0.626. The smallest absolute Gasteiger partial charge is 0.272 e. The van der Waals surface area contributed by atoms with Crippen LogP contribution in [0.15, 0.2) is 48.5 Å². The highest BCUT2D eigenvalue weighted by Crippen LogP contribution is 2.40. The molecule has 0 bridgehead atoms. The molecule has 4 aromatic rings. The van der Waals surface area contributed by atoms with E-state index in [1.165, 1.54) is 0 Å². The van der Waals surface area contributed by atoms with Crippen LogP contribution < -0.4 is 51.7 Å². The quantitative estimate of drug-likeness (QED) is 0.0372. The Labute approximate surface area is 430 Å². The van der Waals surface area contributed by atoms with Crippen molar-refractivity contribution >= 4 is 35.4 Å². The van der Waals surface area contributed by atoms with Crippen LogP contribution in [0.1, 0.15) is 121 Å².